The smallest absolute Gasteiger partial charge is 0.274 e. The quantitative estimate of drug-likeness (QED) is 0.456. The molecule has 0 saturated heterocycles. The zero-order valence-electron chi connectivity index (χ0n) is 12.9. The molecule has 20 heavy (non-hydrogen) atoms. The normalized spacial score (nSPS) is 11.9. The van der Waals surface area contributed by atoms with Crippen LogP contribution in [0.1, 0.15) is 71.1 Å². The molecule has 6 heteroatoms. The Labute approximate surface area is 124 Å². The van der Waals surface area contributed by atoms with Gasteiger partial charge in [-0.05, 0) is 19.8 Å². The van der Waals surface area contributed by atoms with Crippen molar-refractivity contribution in [1.82, 2.24) is 4.72 Å². The van der Waals surface area contributed by atoms with Gasteiger partial charge in [-0.1, -0.05) is 51.4 Å². The Kier molecular flexibility index (Phi) is 13.7. The van der Waals surface area contributed by atoms with Gasteiger partial charge in [0.2, 0.25) is 0 Å². The van der Waals surface area contributed by atoms with Crippen molar-refractivity contribution in [3.63, 3.8) is 0 Å². The van der Waals surface area contributed by atoms with Gasteiger partial charge in [-0.15, -0.1) is 0 Å². The third-order valence-electron chi connectivity index (χ3n) is 3.22. The standard InChI is InChI=1S/C14H32N2O3S/c1-2-19-14-12-10-8-6-4-3-5-7-9-11-13-16-20(15,17)18/h16H,2-14H2,1H3,(H2,15,17,18). The maximum Gasteiger partial charge on any atom is 0.274 e. The maximum absolute atomic E-state index is 10.6. The lowest BCUT2D eigenvalue weighted by Gasteiger charge is -2.04. The molecule has 0 spiro atoms. The molecule has 0 amide bonds. The summed E-state index contributed by atoms with van der Waals surface area (Å²) in [5.41, 5.74) is 0. The first-order valence-electron chi connectivity index (χ1n) is 7.91. The molecular weight excluding hydrogens is 276 g/mol. The molecule has 0 heterocycles. The minimum atomic E-state index is -3.50. The molecule has 0 aromatic heterocycles. The van der Waals surface area contributed by atoms with E-state index in [2.05, 4.69) is 4.72 Å². The summed E-state index contributed by atoms with van der Waals surface area (Å²) in [4.78, 5) is 0. The van der Waals surface area contributed by atoms with Crippen LogP contribution in [0.4, 0.5) is 0 Å². The van der Waals surface area contributed by atoms with Gasteiger partial charge in [0.15, 0.2) is 0 Å². The van der Waals surface area contributed by atoms with Crippen molar-refractivity contribution in [2.75, 3.05) is 19.8 Å². The Hall–Kier alpha value is -0.170. The lowest BCUT2D eigenvalue weighted by atomic mass is 10.1. The number of unbranched alkanes of at least 4 members (excludes halogenated alkanes) is 9. The predicted octanol–water partition coefficient (Wildman–Crippen LogP) is 2.72. The molecule has 0 saturated carbocycles. The largest absolute Gasteiger partial charge is 0.382 e. The second-order valence-corrected chi connectivity index (χ2v) is 6.55. The van der Waals surface area contributed by atoms with Crippen molar-refractivity contribution in [2.45, 2.75) is 71.1 Å². The molecule has 5 nitrogen and oxygen atoms in total. The molecule has 0 aliphatic carbocycles. The SMILES string of the molecule is CCOCCCCCCCCCCCCNS(N)(=O)=O. The van der Waals surface area contributed by atoms with Gasteiger partial charge in [-0.2, -0.15) is 8.42 Å². The van der Waals surface area contributed by atoms with Gasteiger partial charge in [0.25, 0.3) is 10.2 Å². The fourth-order valence-corrected chi connectivity index (χ4v) is 2.53. The van der Waals surface area contributed by atoms with E-state index in [-0.39, 0.29) is 0 Å². The molecule has 122 valence electrons. The maximum atomic E-state index is 10.6. The molecule has 0 rings (SSSR count). The first-order chi connectivity index (χ1) is 9.56. The highest BCUT2D eigenvalue weighted by molar-refractivity contribution is 7.87. The number of rotatable bonds is 15. The minimum Gasteiger partial charge on any atom is -0.382 e. The van der Waals surface area contributed by atoms with E-state index < -0.39 is 10.2 Å². The van der Waals surface area contributed by atoms with E-state index in [9.17, 15) is 8.42 Å². The lowest BCUT2D eigenvalue weighted by molar-refractivity contribution is 0.143. The van der Waals surface area contributed by atoms with Gasteiger partial charge >= 0.3 is 0 Å². The fraction of sp³-hybridized carbons (Fsp3) is 1.00. The van der Waals surface area contributed by atoms with Crippen LogP contribution in [0.3, 0.4) is 0 Å². The van der Waals surface area contributed by atoms with Crippen molar-refractivity contribution in [3.8, 4) is 0 Å². The molecule has 0 atom stereocenters. The van der Waals surface area contributed by atoms with Crippen molar-refractivity contribution < 1.29 is 13.2 Å². The zero-order chi connectivity index (χ0) is 15.1. The molecule has 0 aliphatic heterocycles. The predicted molar refractivity (Wildman–Crippen MR) is 83.8 cm³/mol. The summed E-state index contributed by atoms with van der Waals surface area (Å²) in [6.07, 6.45) is 12.0. The minimum absolute atomic E-state index is 0.457. The molecule has 0 aromatic rings. The van der Waals surface area contributed by atoms with Crippen LogP contribution in [-0.2, 0) is 14.9 Å². The molecule has 0 radical (unpaired) electrons. The summed E-state index contributed by atoms with van der Waals surface area (Å²) in [6.45, 7) is 4.22. The Morgan fingerprint density at radius 1 is 0.850 bits per heavy atom. The van der Waals surface area contributed by atoms with Crippen LogP contribution in [-0.4, -0.2) is 28.2 Å². The highest BCUT2D eigenvalue weighted by Crippen LogP contribution is 2.10. The van der Waals surface area contributed by atoms with Gasteiger partial charge in [0.1, 0.15) is 0 Å². The van der Waals surface area contributed by atoms with E-state index in [0.29, 0.717) is 6.54 Å². The Morgan fingerprint density at radius 2 is 1.30 bits per heavy atom. The Bertz CT molecular complexity index is 295. The van der Waals surface area contributed by atoms with E-state index in [1.165, 1.54) is 51.4 Å². The summed E-state index contributed by atoms with van der Waals surface area (Å²) in [5, 5.41) is 4.84. The molecule has 0 unspecified atom stereocenters. The summed E-state index contributed by atoms with van der Waals surface area (Å²) in [5.74, 6) is 0. The van der Waals surface area contributed by atoms with Crippen LogP contribution in [0.25, 0.3) is 0 Å². The van der Waals surface area contributed by atoms with Crippen molar-refractivity contribution in [1.29, 1.82) is 0 Å². The van der Waals surface area contributed by atoms with Gasteiger partial charge < -0.3 is 4.74 Å². The fourth-order valence-electron chi connectivity index (χ4n) is 2.10. The summed E-state index contributed by atoms with van der Waals surface area (Å²) < 4.78 is 28.8. The van der Waals surface area contributed by atoms with Crippen LogP contribution >= 0.6 is 0 Å². The molecule has 0 bridgehead atoms. The zero-order valence-corrected chi connectivity index (χ0v) is 13.7. The Morgan fingerprint density at radius 3 is 1.75 bits per heavy atom. The number of hydrogen-bond acceptors (Lipinski definition) is 3. The van der Waals surface area contributed by atoms with E-state index in [1.54, 1.807) is 0 Å². The van der Waals surface area contributed by atoms with E-state index in [4.69, 9.17) is 9.88 Å². The number of ether oxygens (including phenoxy) is 1. The average Bonchev–Trinajstić information content (AvgIpc) is 2.38. The monoisotopic (exact) mass is 308 g/mol. The van der Waals surface area contributed by atoms with E-state index >= 15 is 0 Å². The van der Waals surface area contributed by atoms with Gasteiger partial charge in [-0.25, -0.2) is 9.86 Å². The first kappa shape index (κ1) is 19.8. The van der Waals surface area contributed by atoms with Crippen LogP contribution < -0.4 is 9.86 Å². The third-order valence-corrected chi connectivity index (χ3v) is 3.83. The molecule has 0 aliphatic rings. The van der Waals surface area contributed by atoms with E-state index in [0.717, 1.165) is 26.1 Å². The molecular formula is C14H32N2O3S. The first-order valence-corrected chi connectivity index (χ1v) is 9.46. The number of nitrogens with one attached hydrogen (secondary N) is 1. The second-order valence-electron chi connectivity index (χ2n) is 5.17. The van der Waals surface area contributed by atoms with Crippen LogP contribution in [0.2, 0.25) is 0 Å². The van der Waals surface area contributed by atoms with Crippen molar-refractivity contribution in [3.05, 3.63) is 0 Å². The highest BCUT2D eigenvalue weighted by atomic mass is 32.2. The average molecular weight is 308 g/mol. The molecule has 0 fully saturated rings. The van der Waals surface area contributed by atoms with Crippen molar-refractivity contribution >= 4 is 10.2 Å². The molecule has 0 aromatic carbocycles. The van der Waals surface area contributed by atoms with Gasteiger partial charge in [-0.3, -0.25) is 0 Å². The van der Waals surface area contributed by atoms with Gasteiger partial charge in [0, 0.05) is 19.8 Å². The van der Waals surface area contributed by atoms with Crippen molar-refractivity contribution in [2.24, 2.45) is 5.14 Å². The van der Waals surface area contributed by atoms with Crippen LogP contribution in [0.15, 0.2) is 0 Å². The molecule has 3 N–H and O–H groups in total. The Balaban J connectivity index is 3.03. The van der Waals surface area contributed by atoms with Gasteiger partial charge in [0.05, 0.1) is 0 Å². The topological polar surface area (TPSA) is 81.4 Å². The number of hydrogen-bond donors (Lipinski definition) is 2. The highest BCUT2D eigenvalue weighted by Gasteiger charge is 1.99. The third kappa shape index (κ3) is 17.8. The number of nitrogens with two attached hydrogens (primary N) is 1. The summed E-state index contributed by atoms with van der Waals surface area (Å²) >= 11 is 0. The summed E-state index contributed by atoms with van der Waals surface area (Å²) in [7, 11) is -3.50. The van der Waals surface area contributed by atoms with Crippen LogP contribution in [0, 0.1) is 0 Å². The van der Waals surface area contributed by atoms with E-state index in [1.807, 2.05) is 6.92 Å². The summed E-state index contributed by atoms with van der Waals surface area (Å²) in [6, 6.07) is 0. The lowest BCUT2D eigenvalue weighted by Crippen LogP contribution is -2.31. The second kappa shape index (κ2) is 13.8. The van der Waals surface area contributed by atoms with Crippen LogP contribution in [0.5, 0.6) is 0 Å².